The summed E-state index contributed by atoms with van der Waals surface area (Å²) < 4.78 is 26.6. The number of benzene rings is 2. The quantitative estimate of drug-likeness (QED) is 0.616. The molecule has 2 aromatic carbocycles. The van der Waals surface area contributed by atoms with Gasteiger partial charge in [0.05, 0.1) is 17.8 Å². The third-order valence-corrected chi connectivity index (χ3v) is 4.83. The van der Waals surface area contributed by atoms with E-state index in [0.717, 1.165) is 33.9 Å². The van der Waals surface area contributed by atoms with Crippen molar-refractivity contribution >= 4 is 28.8 Å². The van der Waals surface area contributed by atoms with Crippen LogP contribution in [0.25, 0.3) is 10.4 Å². The van der Waals surface area contributed by atoms with E-state index in [9.17, 15) is 23.5 Å². The summed E-state index contributed by atoms with van der Waals surface area (Å²) in [4.78, 5) is 24.4. The molecule has 2 N–H and O–H groups in total. The molecule has 1 heterocycles. The van der Waals surface area contributed by atoms with E-state index in [2.05, 4.69) is 5.32 Å². The van der Waals surface area contributed by atoms with E-state index in [-0.39, 0.29) is 22.7 Å². The third-order valence-electron chi connectivity index (χ3n) is 3.66. The number of ketones is 1. The molecule has 0 radical (unpaired) electrons. The van der Waals surface area contributed by atoms with Gasteiger partial charge in [0.25, 0.3) is 0 Å². The number of nitrogens with one attached hydrogen (secondary N) is 1. The maximum absolute atomic E-state index is 13.7. The van der Waals surface area contributed by atoms with Crippen LogP contribution in [0.2, 0.25) is 0 Å². The van der Waals surface area contributed by atoms with Crippen LogP contribution in [-0.4, -0.2) is 23.4 Å². The van der Waals surface area contributed by atoms with Crippen LogP contribution in [0.3, 0.4) is 0 Å². The Morgan fingerprint density at radius 2 is 1.77 bits per heavy atom. The molecule has 0 spiro atoms. The molecule has 0 fully saturated rings. The fraction of sp³-hybridized carbons (Fsp3) is 0.0526. The summed E-state index contributed by atoms with van der Waals surface area (Å²) in [7, 11) is 0. The van der Waals surface area contributed by atoms with Crippen LogP contribution >= 0.6 is 11.3 Å². The highest BCUT2D eigenvalue weighted by atomic mass is 32.1. The lowest BCUT2D eigenvalue weighted by atomic mass is 10.1. The van der Waals surface area contributed by atoms with Gasteiger partial charge in [-0.25, -0.2) is 13.6 Å². The molecule has 3 rings (SSSR count). The van der Waals surface area contributed by atoms with E-state index in [4.69, 9.17) is 0 Å². The Hall–Kier alpha value is -3.06. The standard InChI is InChI=1S/C19H13F2NO3S/c20-12-6-7-13(14(21)8-12)16(23)10-22-15-9-17(26-18(15)19(24)25)11-4-2-1-3-5-11/h1-9,22H,10H2,(H,24,25). The molecule has 7 heteroatoms. The molecule has 0 saturated carbocycles. The zero-order valence-corrected chi connectivity index (χ0v) is 14.1. The van der Waals surface area contributed by atoms with Crippen molar-refractivity contribution in [3.05, 3.63) is 76.7 Å². The molecule has 0 amide bonds. The minimum absolute atomic E-state index is 0.0521. The Labute approximate surface area is 151 Å². The number of rotatable bonds is 6. The molecular formula is C19H13F2NO3S. The van der Waals surface area contributed by atoms with Gasteiger partial charge in [0, 0.05) is 10.9 Å². The SMILES string of the molecule is O=C(CNc1cc(-c2ccccc2)sc1C(=O)O)c1ccc(F)cc1F. The summed E-state index contributed by atoms with van der Waals surface area (Å²) in [6.07, 6.45) is 0. The Bertz CT molecular complexity index is 970. The Morgan fingerprint density at radius 3 is 2.42 bits per heavy atom. The highest BCUT2D eigenvalue weighted by Gasteiger charge is 2.18. The first-order valence-electron chi connectivity index (χ1n) is 7.60. The summed E-state index contributed by atoms with van der Waals surface area (Å²) in [6, 6.07) is 13.6. The van der Waals surface area contributed by atoms with Gasteiger partial charge in [0.1, 0.15) is 16.5 Å². The number of Topliss-reactive ketones (excluding diaryl/α,β-unsaturated/α-hetero) is 1. The summed E-state index contributed by atoms with van der Waals surface area (Å²) in [5.41, 5.74) is 0.871. The molecule has 0 aliphatic heterocycles. The van der Waals surface area contributed by atoms with Crippen molar-refractivity contribution < 1.29 is 23.5 Å². The third kappa shape index (κ3) is 3.78. The molecule has 0 saturated heterocycles. The molecule has 4 nitrogen and oxygen atoms in total. The van der Waals surface area contributed by atoms with E-state index in [1.807, 2.05) is 30.3 Å². The number of hydrogen-bond acceptors (Lipinski definition) is 4. The van der Waals surface area contributed by atoms with Gasteiger partial charge in [-0.05, 0) is 23.8 Å². The maximum Gasteiger partial charge on any atom is 0.348 e. The molecule has 0 aliphatic carbocycles. The minimum atomic E-state index is -1.12. The lowest BCUT2D eigenvalue weighted by Gasteiger charge is -2.06. The van der Waals surface area contributed by atoms with Crippen molar-refractivity contribution in [3.8, 4) is 10.4 Å². The van der Waals surface area contributed by atoms with Crippen LogP contribution in [0.4, 0.5) is 14.5 Å². The predicted octanol–water partition coefficient (Wildman–Crippen LogP) is 4.69. The number of carboxylic acid groups (broad SMARTS) is 1. The van der Waals surface area contributed by atoms with Gasteiger partial charge in [-0.3, -0.25) is 4.79 Å². The fourth-order valence-corrected chi connectivity index (χ4v) is 3.39. The van der Waals surface area contributed by atoms with Crippen molar-refractivity contribution in [3.63, 3.8) is 0 Å². The van der Waals surface area contributed by atoms with E-state index in [1.165, 1.54) is 0 Å². The smallest absolute Gasteiger partial charge is 0.348 e. The first-order chi connectivity index (χ1) is 12.5. The van der Waals surface area contributed by atoms with Crippen molar-refractivity contribution in [2.45, 2.75) is 0 Å². The summed E-state index contributed by atoms with van der Waals surface area (Å²) in [5, 5.41) is 12.1. The monoisotopic (exact) mass is 373 g/mol. The summed E-state index contributed by atoms with van der Waals surface area (Å²) >= 11 is 1.08. The highest BCUT2D eigenvalue weighted by Crippen LogP contribution is 2.34. The average molecular weight is 373 g/mol. The molecule has 0 aliphatic rings. The number of thiophene rings is 1. The zero-order valence-electron chi connectivity index (χ0n) is 13.3. The zero-order chi connectivity index (χ0) is 18.7. The minimum Gasteiger partial charge on any atom is -0.477 e. The van der Waals surface area contributed by atoms with Crippen molar-refractivity contribution in [1.82, 2.24) is 0 Å². The number of hydrogen-bond donors (Lipinski definition) is 2. The first-order valence-corrected chi connectivity index (χ1v) is 8.42. The van der Waals surface area contributed by atoms with Crippen LogP contribution in [0.1, 0.15) is 20.0 Å². The second-order valence-electron chi connectivity index (χ2n) is 5.43. The molecule has 0 unspecified atom stereocenters. The van der Waals surface area contributed by atoms with E-state index in [0.29, 0.717) is 6.07 Å². The largest absolute Gasteiger partial charge is 0.477 e. The highest BCUT2D eigenvalue weighted by molar-refractivity contribution is 7.18. The Balaban J connectivity index is 1.82. The number of anilines is 1. The van der Waals surface area contributed by atoms with Gasteiger partial charge in [-0.2, -0.15) is 0 Å². The molecule has 26 heavy (non-hydrogen) atoms. The van der Waals surface area contributed by atoms with Gasteiger partial charge in [-0.1, -0.05) is 30.3 Å². The lowest BCUT2D eigenvalue weighted by molar-refractivity contribution is 0.0702. The van der Waals surface area contributed by atoms with Gasteiger partial charge >= 0.3 is 5.97 Å². The number of halogens is 2. The molecule has 132 valence electrons. The Kier molecular flexibility index (Phi) is 5.09. The van der Waals surface area contributed by atoms with Crippen molar-refractivity contribution in [2.75, 3.05) is 11.9 Å². The van der Waals surface area contributed by atoms with Crippen LogP contribution in [0.15, 0.2) is 54.6 Å². The average Bonchev–Trinajstić information content (AvgIpc) is 3.05. The topological polar surface area (TPSA) is 66.4 Å². The summed E-state index contributed by atoms with van der Waals surface area (Å²) in [6.45, 7) is -0.312. The number of aromatic carboxylic acids is 1. The van der Waals surface area contributed by atoms with Gasteiger partial charge in [0.15, 0.2) is 5.78 Å². The van der Waals surface area contributed by atoms with Crippen molar-refractivity contribution in [1.29, 1.82) is 0 Å². The van der Waals surface area contributed by atoms with Crippen molar-refractivity contribution in [2.24, 2.45) is 0 Å². The summed E-state index contributed by atoms with van der Waals surface area (Å²) in [5.74, 6) is -3.46. The van der Waals surface area contributed by atoms with Gasteiger partial charge < -0.3 is 10.4 Å². The molecular weight excluding hydrogens is 360 g/mol. The Morgan fingerprint density at radius 1 is 1.04 bits per heavy atom. The van der Waals surface area contributed by atoms with E-state index >= 15 is 0 Å². The number of carboxylic acids is 1. The maximum atomic E-state index is 13.7. The van der Waals surface area contributed by atoms with E-state index in [1.54, 1.807) is 6.07 Å². The molecule has 0 atom stereocenters. The fourth-order valence-electron chi connectivity index (χ4n) is 2.41. The molecule has 1 aromatic heterocycles. The molecule has 0 bridgehead atoms. The van der Waals surface area contributed by atoms with Crippen LogP contribution < -0.4 is 5.32 Å². The van der Waals surface area contributed by atoms with Gasteiger partial charge in [-0.15, -0.1) is 11.3 Å². The number of carbonyl (C=O) groups is 2. The first kappa shape index (κ1) is 17.8. The lowest BCUT2D eigenvalue weighted by Crippen LogP contribution is -2.16. The predicted molar refractivity (Wildman–Crippen MR) is 95.9 cm³/mol. The second kappa shape index (κ2) is 7.45. The second-order valence-corrected chi connectivity index (χ2v) is 6.48. The van der Waals surface area contributed by atoms with E-state index < -0.39 is 23.4 Å². The van der Waals surface area contributed by atoms with Crippen LogP contribution in [0, 0.1) is 11.6 Å². The van der Waals surface area contributed by atoms with Crippen LogP contribution in [0.5, 0.6) is 0 Å². The van der Waals surface area contributed by atoms with Crippen LogP contribution in [-0.2, 0) is 0 Å². The number of carbonyl (C=O) groups excluding carboxylic acids is 1. The molecule has 3 aromatic rings. The van der Waals surface area contributed by atoms with Gasteiger partial charge in [0.2, 0.25) is 0 Å². The normalized spacial score (nSPS) is 10.5.